The predicted octanol–water partition coefficient (Wildman–Crippen LogP) is 1.68. The fraction of sp³-hybridized carbons (Fsp3) is 0.429. The van der Waals surface area contributed by atoms with Crippen molar-refractivity contribution in [2.45, 2.75) is 19.3 Å². The summed E-state index contributed by atoms with van der Waals surface area (Å²) in [6, 6.07) is 5.99. The van der Waals surface area contributed by atoms with Crippen molar-refractivity contribution in [3.8, 4) is 0 Å². The van der Waals surface area contributed by atoms with Crippen LogP contribution in [0.4, 0.5) is 4.79 Å². The fourth-order valence-corrected chi connectivity index (χ4v) is 2.44. The number of hydrogen-bond acceptors (Lipinski definition) is 2. The van der Waals surface area contributed by atoms with Gasteiger partial charge in [0.15, 0.2) is 0 Å². The first-order valence-corrected chi connectivity index (χ1v) is 6.78. The van der Waals surface area contributed by atoms with Crippen LogP contribution in [0.1, 0.15) is 18.5 Å². The minimum atomic E-state index is 0.0567. The number of carbonyl (C=O) groups excluding carboxylic acids is 1. The Balaban J connectivity index is 1.53. The van der Waals surface area contributed by atoms with E-state index in [9.17, 15) is 4.79 Å². The number of imidazole rings is 1. The van der Waals surface area contributed by atoms with E-state index in [1.54, 1.807) is 0 Å². The van der Waals surface area contributed by atoms with Gasteiger partial charge in [-0.25, -0.2) is 9.78 Å². The molecular weight excluding hydrogens is 240 g/mol. The minimum absolute atomic E-state index is 0.0567. The Morgan fingerprint density at radius 3 is 2.95 bits per heavy atom. The molecule has 2 aromatic heterocycles. The molecule has 2 amide bonds. The first-order chi connectivity index (χ1) is 9.33. The van der Waals surface area contributed by atoms with Crippen molar-refractivity contribution in [2.24, 2.45) is 0 Å². The predicted molar refractivity (Wildman–Crippen MR) is 73.1 cm³/mol. The zero-order valence-electron chi connectivity index (χ0n) is 10.9. The van der Waals surface area contributed by atoms with Crippen LogP contribution in [-0.4, -0.2) is 39.9 Å². The van der Waals surface area contributed by atoms with E-state index in [0.29, 0.717) is 6.54 Å². The van der Waals surface area contributed by atoms with Crippen LogP contribution >= 0.6 is 0 Å². The molecule has 1 aliphatic rings. The number of amides is 2. The number of nitrogens with one attached hydrogen (secondary N) is 1. The summed E-state index contributed by atoms with van der Waals surface area (Å²) in [5.41, 5.74) is 1.95. The Morgan fingerprint density at radius 1 is 1.32 bits per heavy atom. The molecule has 0 aliphatic carbocycles. The third kappa shape index (κ3) is 2.70. The van der Waals surface area contributed by atoms with Crippen LogP contribution in [0.5, 0.6) is 0 Å². The summed E-state index contributed by atoms with van der Waals surface area (Å²) < 4.78 is 2.00. The number of carbonyl (C=O) groups is 1. The first kappa shape index (κ1) is 12.0. The molecule has 0 unspecified atom stereocenters. The van der Waals surface area contributed by atoms with Crippen molar-refractivity contribution in [1.82, 2.24) is 19.6 Å². The third-order valence-electron chi connectivity index (χ3n) is 3.46. The first-order valence-electron chi connectivity index (χ1n) is 6.78. The molecule has 0 bridgehead atoms. The van der Waals surface area contributed by atoms with Gasteiger partial charge >= 0.3 is 6.03 Å². The number of nitrogens with zero attached hydrogens (tertiary/aromatic N) is 3. The smallest absolute Gasteiger partial charge is 0.317 e. The number of urea groups is 1. The Labute approximate surface area is 112 Å². The van der Waals surface area contributed by atoms with Gasteiger partial charge in [0, 0.05) is 38.4 Å². The van der Waals surface area contributed by atoms with Crippen LogP contribution in [-0.2, 0) is 6.42 Å². The van der Waals surface area contributed by atoms with Crippen molar-refractivity contribution in [3.63, 3.8) is 0 Å². The quantitative estimate of drug-likeness (QED) is 0.910. The lowest BCUT2D eigenvalue weighted by Gasteiger charge is -2.15. The van der Waals surface area contributed by atoms with Crippen LogP contribution in [0.25, 0.3) is 5.65 Å². The Kier molecular flexibility index (Phi) is 3.35. The van der Waals surface area contributed by atoms with Gasteiger partial charge in [0.2, 0.25) is 0 Å². The van der Waals surface area contributed by atoms with Gasteiger partial charge < -0.3 is 14.6 Å². The number of pyridine rings is 1. The molecule has 5 nitrogen and oxygen atoms in total. The minimum Gasteiger partial charge on any atom is -0.338 e. The van der Waals surface area contributed by atoms with Crippen molar-refractivity contribution in [3.05, 3.63) is 36.3 Å². The van der Waals surface area contributed by atoms with Gasteiger partial charge in [-0.15, -0.1) is 0 Å². The highest BCUT2D eigenvalue weighted by Crippen LogP contribution is 2.07. The van der Waals surface area contributed by atoms with Gasteiger partial charge in [-0.1, -0.05) is 6.07 Å². The molecule has 5 heteroatoms. The lowest BCUT2D eigenvalue weighted by molar-refractivity contribution is 0.209. The number of rotatable bonds is 3. The summed E-state index contributed by atoms with van der Waals surface area (Å²) in [6.07, 6.45) is 7.01. The zero-order valence-corrected chi connectivity index (χ0v) is 10.9. The molecule has 1 saturated heterocycles. The summed E-state index contributed by atoms with van der Waals surface area (Å²) in [5.74, 6) is 0. The number of hydrogen-bond donors (Lipinski definition) is 1. The van der Waals surface area contributed by atoms with Crippen LogP contribution in [0.15, 0.2) is 30.6 Å². The molecule has 0 atom stereocenters. The van der Waals surface area contributed by atoms with Gasteiger partial charge in [-0.2, -0.15) is 0 Å². The summed E-state index contributed by atoms with van der Waals surface area (Å²) in [6.45, 7) is 2.42. The monoisotopic (exact) mass is 258 g/mol. The highest BCUT2D eigenvalue weighted by atomic mass is 16.2. The van der Waals surface area contributed by atoms with E-state index >= 15 is 0 Å². The van der Waals surface area contributed by atoms with Crippen LogP contribution in [0, 0.1) is 0 Å². The molecule has 0 radical (unpaired) electrons. The highest BCUT2D eigenvalue weighted by Gasteiger charge is 2.16. The van der Waals surface area contributed by atoms with E-state index in [-0.39, 0.29) is 6.03 Å². The van der Waals surface area contributed by atoms with Gasteiger partial charge in [0.25, 0.3) is 0 Å². The van der Waals surface area contributed by atoms with E-state index in [1.165, 1.54) is 0 Å². The average molecular weight is 258 g/mol. The molecular formula is C14H18N4O. The maximum atomic E-state index is 11.8. The second-order valence-electron chi connectivity index (χ2n) is 4.87. The molecule has 1 fully saturated rings. The van der Waals surface area contributed by atoms with Gasteiger partial charge in [-0.3, -0.25) is 0 Å². The molecule has 1 aliphatic heterocycles. The van der Waals surface area contributed by atoms with Crippen molar-refractivity contribution in [1.29, 1.82) is 0 Å². The third-order valence-corrected chi connectivity index (χ3v) is 3.46. The maximum absolute atomic E-state index is 11.8. The summed E-state index contributed by atoms with van der Waals surface area (Å²) in [4.78, 5) is 18.2. The number of fused-ring (bicyclic) bond motifs is 1. The maximum Gasteiger partial charge on any atom is 0.317 e. The van der Waals surface area contributed by atoms with Crippen molar-refractivity contribution >= 4 is 11.7 Å². The Hall–Kier alpha value is -2.04. The lowest BCUT2D eigenvalue weighted by Crippen LogP contribution is -2.38. The molecule has 100 valence electrons. The van der Waals surface area contributed by atoms with Crippen molar-refractivity contribution in [2.75, 3.05) is 19.6 Å². The summed E-state index contributed by atoms with van der Waals surface area (Å²) in [7, 11) is 0. The van der Waals surface area contributed by atoms with E-state index in [1.807, 2.05) is 39.9 Å². The second-order valence-corrected chi connectivity index (χ2v) is 4.87. The van der Waals surface area contributed by atoms with Crippen LogP contribution < -0.4 is 5.32 Å². The molecule has 19 heavy (non-hydrogen) atoms. The molecule has 0 saturated carbocycles. The molecule has 1 N–H and O–H groups in total. The SMILES string of the molecule is O=C(NCCc1cn2ccccc2n1)N1CCCC1. The fourth-order valence-electron chi connectivity index (χ4n) is 2.44. The molecule has 3 heterocycles. The Bertz CT molecular complexity index is 539. The standard InChI is InChI=1S/C14H18N4O/c19-14(17-8-3-4-9-17)15-7-6-12-11-18-10-2-1-5-13(18)16-12/h1-2,5,10-11H,3-4,6-9H2,(H,15,19). The molecule has 0 spiro atoms. The van der Waals surface area contributed by atoms with E-state index in [0.717, 1.165) is 43.7 Å². The van der Waals surface area contributed by atoms with Gasteiger partial charge in [-0.05, 0) is 25.0 Å². The number of likely N-dealkylation sites (tertiary alicyclic amines) is 1. The molecule has 3 rings (SSSR count). The van der Waals surface area contributed by atoms with Gasteiger partial charge in [0.05, 0.1) is 5.69 Å². The van der Waals surface area contributed by atoms with Crippen molar-refractivity contribution < 1.29 is 4.79 Å². The van der Waals surface area contributed by atoms with Gasteiger partial charge in [0.1, 0.15) is 5.65 Å². The molecule has 0 aromatic carbocycles. The lowest BCUT2D eigenvalue weighted by atomic mass is 10.3. The second kappa shape index (κ2) is 5.30. The highest BCUT2D eigenvalue weighted by molar-refractivity contribution is 5.74. The number of aromatic nitrogens is 2. The van der Waals surface area contributed by atoms with E-state index in [2.05, 4.69) is 10.3 Å². The normalized spacial score (nSPS) is 15.1. The zero-order chi connectivity index (χ0) is 13.1. The Morgan fingerprint density at radius 2 is 2.16 bits per heavy atom. The topological polar surface area (TPSA) is 49.6 Å². The summed E-state index contributed by atoms with van der Waals surface area (Å²) >= 11 is 0. The average Bonchev–Trinajstić information content (AvgIpc) is 3.07. The molecule has 2 aromatic rings. The van der Waals surface area contributed by atoms with Crippen LogP contribution in [0.2, 0.25) is 0 Å². The largest absolute Gasteiger partial charge is 0.338 e. The van der Waals surface area contributed by atoms with E-state index < -0.39 is 0 Å². The summed E-state index contributed by atoms with van der Waals surface area (Å²) in [5, 5.41) is 2.96. The van der Waals surface area contributed by atoms with E-state index in [4.69, 9.17) is 0 Å². The van der Waals surface area contributed by atoms with Crippen LogP contribution in [0.3, 0.4) is 0 Å².